The first-order chi connectivity index (χ1) is 19.2. The standard InChI is InChI=1S/C27H23Cl2N5O5S/c28-17-11-15-13-34(26(37)19-12-14-3-1-7-30-23(14)32-19)9-6-16(15)22(29)21(17)25(36)33-18(27(38)39)5-8-31-24(35)20-4-2-10-40-20/h1-4,7,10-12,18H,5-6,8-9,13H2,(H,30,32)(H,31,35)(H,33,36)(H,38,39)/t18-/m0/s1. The number of carboxylic acid groups (broad SMARTS) is 1. The number of thiophene rings is 1. The second kappa shape index (κ2) is 11.7. The van der Waals surface area contributed by atoms with Crippen LogP contribution in [-0.2, 0) is 17.8 Å². The van der Waals surface area contributed by atoms with Crippen molar-refractivity contribution in [2.75, 3.05) is 13.1 Å². The van der Waals surface area contributed by atoms with Crippen molar-refractivity contribution in [1.29, 1.82) is 0 Å². The molecule has 3 aromatic heterocycles. The van der Waals surface area contributed by atoms with Crippen LogP contribution in [0.2, 0.25) is 10.0 Å². The van der Waals surface area contributed by atoms with Crippen molar-refractivity contribution in [2.24, 2.45) is 0 Å². The van der Waals surface area contributed by atoms with E-state index in [1.54, 1.807) is 46.8 Å². The van der Waals surface area contributed by atoms with Gasteiger partial charge in [0.25, 0.3) is 17.7 Å². The predicted octanol–water partition coefficient (Wildman–Crippen LogP) is 4.13. The second-order valence-corrected chi connectivity index (χ2v) is 10.9. The molecule has 0 unspecified atom stereocenters. The summed E-state index contributed by atoms with van der Waals surface area (Å²) in [6.07, 6.45) is 1.98. The van der Waals surface area contributed by atoms with Crippen LogP contribution in [0.4, 0.5) is 0 Å². The highest BCUT2D eigenvalue weighted by molar-refractivity contribution is 7.12. The van der Waals surface area contributed by atoms with Crippen LogP contribution in [0.3, 0.4) is 0 Å². The zero-order valence-electron chi connectivity index (χ0n) is 20.9. The molecule has 0 aliphatic carbocycles. The monoisotopic (exact) mass is 599 g/mol. The Morgan fingerprint density at radius 1 is 1.15 bits per heavy atom. The van der Waals surface area contributed by atoms with Crippen molar-refractivity contribution >= 4 is 69.3 Å². The molecule has 1 aliphatic rings. The Balaban J connectivity index is 1.27. The number of rotatable bonds is 8. The third-order valence-electron chi connectivity index (χ3n) is 6.61. The summed E-state index contributed by atoms with van der Waals surface area (Å²) in [7, 11) is 0. The SMILES string of the molecule is O=C(NCC[C@H](NC(=O)c1c(Cl)cc2c(c1Cl)CCN(C(=O)c1cc3cccnc3[nH]1)C2)C(=O)O)c1cccs1. The molecule has 4 aromatic rings. The Labute approximate surface area is 242 Å². The molecule has 5 rings (SSSR count). The molecule has 1 aromatic carbocycles. The number of aromatic amines is 1. The van der Waals surface area contributed by atoms with E-state index < -0.39 is 17.9 Å². The minimum absolute atomic E-state index is 0.0302. The number of halogens is 2. The smallest absolute Gasteiger partial charge is 0.326 e. The van der Waals surface area contributed by atoms with Gasteiger partial charge < -0.3 is 25.6 Å². The number of H-pyrrole nitrogens is 1. The highest BCUT2D eigenvalue weighted by atomic mass is 35.5. The lowest BCUT2D eigenvalue weighted by Gasteiger charge is -2.30. The van der Waals surface area contributed by atoms with Gasteiger partial charge in [-0.05, 0) is 59.7 Å². The highest BCUT2D eigenvalue weighted by Gasteiger charge is 2.30. The van der Waals surface area contributed by atoms with Gasteiger partial charge >= 0.3 is 5.97 Å². The van der Waals surface area contributed by atoms with E-state index in [1.165, 1.54) is 11.3 Å². The largest absolute Gasteiger partial charge is 0.480 e. The quantitative estimate of drug-likeness (QED) is 0.239. The minimum Gasteiger partial charge on any atom is -0.480 e. The average Bonchev–Trinajstić information content (AvgIpc) is 3.62. The summed E-state index contributed by atoms with van der Waals surface area (Å²) < 4.78 is 0. The van der Waals surface area contributed by atoms with Crippen LogP contribution in [0.5, 0.6) is 0 Å². The number of hydrogen-bond acceptors (Lipinski definition) is 6. The number of pyridine rings is 1. The first-order valence-corrected chi connectivity index (χ1v) is 13.9. The topological polar surface area (TPSA) is 144 Å². The molecule has 1 atom stereocenters. The molecule has 10 nitrogen and oxygen atoms in total. The summed E-state index contributed by atoms with van der Waals surface area (Å²) in [6.45, 7) is 0.634. The highest BCUT2D eigenvalue weighted by Crippen LogP contribution is 2.35. The molecule has 13 heteroatoms. The van der Waals surface area contributed by atoms with Crippen LogP contribution < -0.4 is 10.6 Å². The lowest BCUT2D eigenvalue weighted by Crippen LogP contribution is -2.43. The van der Waals surface area contributed by atoms with Gasteiger partial charge in [0.15, 0.2) is 0 Å². The minimum atomic E-state index is -1.28. The van der Waals surface area contributed by atoms with Gasteiger partial charge in [0.2, 0.25) is 0 Å². The van der Waals surface area contributed by atoms with Gasteiger partial charge in [-0.3, -0.25) is 14.4 Å². The fraction of sp³-hybridized carbons (Fsp3) is 0.222. The summed E-state index contributed by atoms with van der Waals surface area (Å²) >= 11 is 14.3. The van der Waals surface area contributed by atoms with E-state index in [-0.39, 0.29) is 46.9 Å². The Morgan fingerprint density at radius 3 is 2.70 bits per heavy atom. The molecule has 0 bridgehead atoms. The van der Waals surface area contributed by atoms with Crippen molar-refractivity contribution in [3.63, 3.8) is 0 Å². The molecule has 40 heavy (non-hydrogen) atoms. The predicted molar refractivity (Wildman–Crippen MR) is 151 cm³/mol. The lowest BCUT2D eigenvalue weighted by molar-refractivity contribution is -0.139. The fourth-order valence-corrected chi connectivity index (χ4v) is 5.99. The molecule has 3 amide bonds. The average molecular weight is 600 g/mol. The molecule has 206 valence electrons. The van der Waals surface area contributed by atoms with E-state index in [4.69, 9.17) is 23.2 Å². The van der Waals surface area contributed by atoms with E-state index in [2.05, 4.69) is 20.6 Å². The summed E-state index contributed by atoms with van der Waals surface area (Å²) in [5.41, 5.74) is 2.38. The van der Waals surface area contributed by atoms with E-state index in [0.717, 1.165) is 5.39 Å². The Hall–Kier alpha value is -3.93. The van der Waals surface area contributed by atoms with Gasteiger partial charge in [0.1, 0.15) is 17.4 Å². The van der Waals surface area contributed by atoms with Gasteiger partial charge in [-0.25, -0.2) is 9.78 Å². The number of aliphatic carboxylic acids is 1. The van der Waals surface area contributed by atoms with Crippen LogP contribution in [0.1, 0.15) is 48.1 Å². The number of benzene rings is 1. The summed E-state index contributed by atoms with van der Waals surface area (Å²) in [6, 6.07) is 9.11. The van der Waals surface area contributed by atoms with Crippen molar-refractivity contribution in [1.82, 2.24) is 25.5 Å². The number of carbonyl (C=O) groups is 4. The van der Waals surface area contributed by atoms with Gasteiger partial charge in [-0.1, -0.05) is 29.3 Å². The number of amides is 3. The maximum absolute atomic E-state index is 13.2. The zero-order valence-corrected chi connectivity index (χ0v) is 23.2. The maximum atomic E-state index is 13.2. The number of hydrogen-bond donors (Lipinski definition) is 4. The van der Waals surface area contributed by atoms with Gasteiger partial charge in [-0.2, -0.15) is 0 Å². The molecule has 0 saturated carbocycles. The summed E-state index contributed by atoms with van der Waals surface area (Å²) in [4.78, 5) is 59.6. The lowest BCUT2D eigenvalue weighted by atomic mass is 9.96. The van der Waals surface area contributed by atoms with Crippen LogP contribution in [0, 0.1) is 0 Å². The Bertz CT molecular complexity index is 1590. The molecule has 0 spiro atoms. The van der Waals surface area contributed by atoms with E-state index in [1.807, 2.05) is 6.07 Å². The number of aromatic nitrogens is 2. The van der Waals surface area contributed by atoms with Gasteiger partial charge in [-0.15, -0.1) is 11.3 Å². The van der Waals surface area contributed by atoms with Gasteiger partial charge in [0.05, 0.1) is 20.5 Å². The van der Waals surface area contributed by atoms with Crippen LogP contribution in [0.25, 0.3) is 11.0 Å². The summed E-state index contributed by atoms with van der Waals surface area (Å²) in [5.74, 6) is -2.52. The normalized spacial score (nSPS) is 13.5. The Kier molecular flexibility index (Phi) is 8.06. The molecule has 1 aliphatic heterocycles. The first-order valence-electron chi connectivity index (χ1n) is 12.3. The molecule has 0 saturated heterocycles. The maximum Gasteiger partial charge on any atom is 0.326 e. The number of fused-ring (bicyclic) bond motifs is 2. The fourth-order valence-electron chi connectivity index (χ4n) is 4.59. The number of nitrogens with zero attached hydrogens (tertiary/aromatic N) is 2. The van der Waals surface area contributed by atoms with E-state index in [9.17, 15) is 24.3 Å². The van der Waals surface area contributed by atoms with Crippen molar-refractivity contribution < 1.29 is 24.3 Å². The number of carbonyl (C=O) groups excluding carboxylic acids is 3. The molecule has 4 N–H and O–H groups in total. The summed E-state index contributed by atoms with van der Waals surface area (Å²) in [5, 5.41) is 17.5. The first kappa shape index (κ1) is 27.6. The third-order valence-corrected chi connectivity index (χ3v) is 8.19. The molecular formula is C27H23Cl2N5O5S. The molecular weight excluding hydrogens is 577 g/mol. The number of nitrogens with one attached hydrogen (secondary N) is 3. The van der Waals surface area contributed by atoms with Crippen molar-refractivity contribution in [3.05, 3.63) is 85.3 Å². The van der Waals surface area contributed by atoms with Gasteiger partial charge in [0, 0.05) is 31.2 Å². The third kappa shape index (κ3) is 5.67. The van der Waals surface area contributed by atoms with Crippen LogP contribution in [0.15, 0.2) is 48.0 Å². The van der Waals surface area contributed by atoms with Crippen molar-refractivity contribution in [3.8, 4) is 0 Å². The second-order valence-electron chi connectivity index (χ2n) is 9.17. The van der Waals surface area contributed by atoms with E-state index in [0.29, 0.717) is 40.3 Å². The van der Waals surface area contributed by atoms with Crippen LogP contribution >= 0.6 is 34.5 Å². The van der Waals surface area contributed by atoms with E-state index >= 15 is 0 Å². The molecule has 0 fully saturated rings. The van der Waals surface area contributed by atoms with Crippen molar-refractivity contribution in [2.45, 2.75) is 25.4 Å². The Morgan fingerprint density at radius 2 is 1.98 bits per heavy atom. The molecule has 4 heterocycles. The number of carboxylic acids is 1. The molecule has 0 radical (unpaired) electrons. The van der Waals surface area contributed by atoms with Crippen LogP contribution in [-0.4, -0.2) is 62.8 Å². The zero-order chi connectivity index (χ0) is 28.4.